The summed E-state index contributed by atoms with van der Waals surface area (Å²) in [4.78, 5) is 37.4. The number of rotatable bonds is 9. The molecule has 0 amide bonds. The van der Waals surface area contributed by atoms with E-state index in [1.807, 2.05) is 4.98 Å². The molecule has 12 nitrogen and oxygen atoms in total. The number of hydrogen-bond acceptors (Lipinski definition) is 9. The number of aromatic nitrogens is 2. The molecular weight excluding hydrogens is 488 g/mol. The van der Waals surface area contributed by atoms with Gasteiger partial charge in [0, 0.05) is 12.3 Å². The van der Waals surface area contributed by atoms with Crippen molar-refractivity contribution in [3.8, 4) is 5.75 Å². The van der Waals surface area contributed by atoms with Crippen LogP contribution < -0.4 is 20.9 Å². The number of carbonyl (C=O) groups is 1. The minimum absolute atomic E-state index is 0.147. The second-order valence-corrected chi connectivity index (χ2v) is 9.80. The summed E-state index contributed by atoms with van der Waals surface area (Å²) in [5.74, 6) is -0.599. The minimum atomic E-state index is -4.33. The van der Waals surface area contributed by atoms with E-state index in [-0.39, 0.29) is 5.75 Å². The van der Waals surface area contributed by atoms with Gasteiger partial charge in [-0.05, 0) is 32.9 Å². The minimum Gasteiger partial charge on any atom is -0.468 e. The molecule has 1 aromatic carbocycles. The normalized spacial score (nSPS) is 27.5. The molecule has 0 radical (unpaired) electrons. The predicted molar refractivity (Wildman–Crippen MR) is 121 cm³/mol. The largest absolute Gasteiger partial charge is 0.468 e. The van der Waals surface area contributed by atoms with Crippen LogP contribution in [0.2, 0.25) is 0 Å². The van der Waals surface area contributed by atoms with Gasteiger partial charge >= 0.3 is 19.4 Å². The van der Waals surface area contributed by atoms with Crippen LogP contribution >= 0.6 is 7.75 Å². The molecule has 1 fully saturated rings. The molecule has 1 aliphatic heterocycles. The molecule has 1 aromatic heterocycles. The van der Waals surface area contributed by atoms with Crippen molar-refractivity contribution in [2.24, 2.45) is 0 Å². The number of esters is 1. The van der Waals surface area contributed by atoms with E-state index < -0.39 is 61.2 Å². The predicted octanol–water partition coefficient (Wildman–Crippen LogP) is 1.27. The summed E-state index contributed by atoms with van der Waals surface area (Å²) >= 11 is 0. The molecule has 1 aliphatic rings. The van der Waals surface area contributed by atoms with Gasteiger partial charge < -0.3 is 19.1 Å². The van der Waals surface area contributed by atoms with Gasteiger partial charge in [0.05, 0.1) is 13.2 Å². The summed E-state index contributed by atoms with van der Waals surface area (Å²) in [6.07, 6.45) is -5.11. The first kappa shape index (κ1) is 26.8. The van der Waals surface area contributed by atoms with Gasteiger partial charge in [-0.15, -0.1) is 0 Å². The lowest BCUT2D eigenvalue weighted by Gasteiger charge is -2.29. The van der Waals surface area contributed by atoms with E-state index in [1.165, 1.54) is 26.0 Å². The summed E-state index contributed by atoms with van der Waals surface area (Å²) in [6.45, 7) is 3.75. The number of nitrogens with one attached hydrogen (secondary N) is 2. The van der Waals surface area contributed by atoms with Gasteiger partial charge in [0.15, 0.2) is 11.9 Å². The van der Waals surface area contributed by atoms with Crippen LogP contribution in [0.3, 0.4) is 0 Å². The maximum absolute atomic E-state index is 15.5. The molecule has 14 heteroatoms. The molecule has 0 bridgehead atoms. The van der Waals surface area contributed by atoms with E-state index in [4.69, 9.17) is 13.8 Å². The van der Waals surface area contributed by atoms with Crippen LogP contribution in [0.15, 0.2) is 52.2 Å². The van der Waals surface area contributed by atoms with Crippen molar-refractivity contribution in [2.75, 3.05) is 7.11 Å². The van der Waals surface area contributed by atoms with E-state index >= 15 is 4.39 Å². The molecular formula is C21H27FN3O9P. The number of aromatic amines is 1. The molecule has 3 rings (SSSR count). The van der Waals surface area contributed by atoms with E-state index in [9.17, 15) is 24.1 Å². The van der Waals surface area contributed by atoms with Crippen molar-refractivity contribution >= 4 is 13.7 Å². The number of hydrogen-bond donors (Lipinski definition) is 3. The van der Waals surface area contributed by atoms with E-state index in [0.29, 0.717) is 0 Å². The highest BCUT2D eigenvalue weighted by atomic mass is 31.2. The fourth-order valence-electron chi connectivity index (χ4n) is 3.58. The zero-order valence-electron chi connectivity index (χ0n) is 19.4. The number of aliphatic hydroxyl groups excluding tert-OH is 1. The van der Waals surface area contributed by atoms with Crippen LogP contribution in [-0.2, 0) is 23.4 Å². The van der Waals surface area contributed by atoms with Crippen LogP contribution in [0.25, 0.3) is 0 Å². The fraction of sp³-hybridized carbons (Fsp3) is 0.476. The average molecular weight is 515 g/mol. The Morgan fingerprint density at radius 1 is 1.29 bits per heavy atom. The third-order valence-corrected chi connectivity index (χ3v) is 7.17. The first-order valence-electron chi connectivity index (χ1n) is 10.6. The Morgan fingerprint density at radius 3 is 2.54 bits per heavy atom. The smallest absolute Gasteiger partial charge is 0.459 e. The number of halogens is 1. The van der Waals surface area contributed by atoms with E-state index in [0.717, 1.165) is 30.9 Å². The van der Waals surface area contributed by atoms with Crippen LogP contribution in [0.4, 0.5) is 4.39 Å². The first-order chi connectivity index (χ1) is 16.4. The third-order valence-electron chi connectivity index (χ3n) is 5.41. The van der Waals surface area contributed by atoms with Gasteiger partial charge in [-0.1, -0.05) is 18.2 Å². The van der Waals surface area contributed by atoms with Gasteiger partial charge in [-0.2, -0.15) is 5.09 Å². The summed E-state index contributed by atoms with van der Waals surface area (Å²) in [7, 11) is -3.18. The topological polar surface area (TPSA) is 158 Å². The van der Waals surface area contributed by atoms with Crippen molar-refractivity contribution in [3.05, 3.63) is 63.4 Å². The second kappa shape index (κ2) is 10.4. The van der Waals surface area contributed by atoms with E-state index in [2.05, 4.69) is 9.82 Å². The Bertz CT molecular complexity index is 1200. The monoisotopic (exact) mass is 515 g/mol. The highest BCUT2D eigenvalue weighted by molar-refractivity contribution is 7.52. The SMILES string of the molecule is COC(=O)C(C)NP(=O)(Oc1ccccc1)OC(C)C1O[C@@H](n2ccc(=O)[nH]c2=O)C(C)(F)C1O. The molecule has 2 aromatic rings. The van der Waals surface area contributed by atoms with Crippen molar-refractivity contribution < 1.29 is 37.4 Å². The lowest BCUT2D eigenvalue weighted by atomic mass is 9.96. The molecule has 0 aliphatic carbocycles. The van der Waals surface area contributed by atoms with Gasteiger partial charge in [0.1, 0.15) is 24.0 Å². The maximum Gasteiger partial charge on any atom is 0.459 e. The van der Waals surface area contributed by atoms with Gasteiger partial charge in [-0.3, -0.25) is 23.7 Å². The van der Waals surface area contributed by atoms with Crippen molar-refractivity contribution in [1.82, 2.24) is 14.6 Å². The Kier molecular flexibility index (Phi) is 7.97. The molecule has 0 spiro atoms. The van der Waals surface area contributed by atoms with Gasteiger partial charge in [0.25, 0.3) is 5.56 Å². The van der Waals surface area contributed by atoms with Crippen LogP contribution in [0.1, 0.15) is 27.0 Å². The highest BCUT2D eigenvalue weighted by Gasteiger charge is 2.57. The lowest BCUT2D eigenvalue weighted by molar-refractivity contribution is -0.142. The number of aliphatic hydroxyl groups is 1. The molecule has 1 saturated heterocycles. The number of alkyl halides is 1. The molecule has 6 unspecified atom stereocenters. The summed E-state index contributed by atoms with van der Waals surface area (Å²) < 4.78 is 51.3. The zero-order valence-corrected chi connectivity index (χ0v) is 20.3. The quantitative estimate of drug-likeness (QED) is 0.328. The molecule has 35 heavy (non-hydrogen) atoms. The summed E-state index contributed by atoms with van der Waals surface area (Å²) in [5, 5.41) is 13.1. The average Bonchev–Trinajstić information content (AvgIpc) is 3.02. The third kappa shape index (κ3) is 5.88. The number of H-pyrrole nitrogens is 1. The first-order valence-corrected chi connectivity index (χ1v) is 12.1. The Hall–Kier alpha value is -2.83. The van der Waals surface area contributed by atoms with Crippen molar-refractivity contribution in [1.29, 1.82) is 0 Å². The number of para-hydroxylation sites is 1. The Balaban J connectivity index is 1.87. The highest BCUT2D eigenvalue weighted by Crippen LogP contribution is 2.49. The summed E-state index contributed by atoms with van der Waals surface area (Å²) in [5.41, 5.74) is -4.13. The number of benzene rings is 1. The van der Waals surface area contributed by atoms with Gasteiger partial charge in [0.2, 0.25) is 0 Å². The number of carbonyl (C=O) groups excluding carboxylic acids is 1. The number of nitrogens with zero attached hydrogens (tertiary/aromatic N) is 1. The van der Waals surface area contributed by atoms with Crippen molar-refractivity contribution in [3.63, 3.8) is 0 Å². The lowest BCUT2D eigenvalue weighted by Crippen LogP contribution is -2.45. The van der Waals surface area contributed by atoms with Crippen LogP contribution in [-0.4, -0.2) is 57.8 Å². The van der Waals surface area contributed by atoms with Gasteiger partial charge in [-0.25, -0.2) is 13.8 Å². The standard InChI is InChI=1S/C21H27FN3O9P/c1-12(18(28)31-4)24-35(30,34-14-8-6-5-7-9-14)33-13(2)16-17(27)21(3,22)19(32-16)25-11-10-15(26)23-20(25)29/h5-13,16-17,19,27H,1-4H3,(H,24,30)(H,23,26,29)/t12?,13?,16?,17?,19-,21?,35?/m1/s1. The van der Waals surface area contributed by atoms with Crippen LogP contribution in [0, 0.1) is 0 Å². The Morgan fingerprint density at radius 2 is 1.94 bits per heavy atom. The molecule has 7 atom stereocenters. The van der Waals surface area contributed by atoms with Crippen LogP contribution in [0.5, 0.6) is 5.75 Å². The summed E-state index contributed by atoms with van der Waals surface area (Å²) in [6, 6.07) is 7.84. The van der Waals surface area contributed by atoms with E-state index in [1.54, 1.807) is 18.2 Å². The maximum atomic E-state index is 15.5. The molecule has 2 heterocycles. The zero-order chi connectivity index (χ0) is 26.0. The number of ether oxygens (including phenoxy) is 2. The molecule has 0 saturated carbocycles. The number of methoxy groups -OCH3 is 1. The Labute approximate surface area is 199 Å². The second-order valence-electron chi connectivity index (χ2n) is 8.15. The fourth-order valence-corrected chi connectivity index (χ4v) is 5.28. The van der Waals surface area contributed by atoms with Crippen molar-refractivity contribution in [2.45, 2.75) is 57.0 Å². The molecule has 3 N–H and O–H groups in total. The molecule has 192 valence electrons.